The Labute approximate surface area is 263 Å². The van der Waals surface area contributed by atoms with Gasteiger partial charge in [-0.05, 0) is 75.0 Å². The average molecular weight is 622 g/mol. The molecule has 8 nitrogen and oxygen atoms in total. The van der Waals surface area contributed by atoms with Gasteiger partial charge in [0.2, 0.25) is 0 Å². The molecule has 2 N–H and O–H groups in total. The van der Waals surface area contributed by atoms with E-state index in [0.717, 1.165) is 69.7 Å². The van der Waals surface area contributed by atoms with Crippen molar-refractivity contribution >= 4 is 40.0 Å². The summed E-state index contributed by atoms with van der Waals surface area (Å²) in [6.07, 6.45) is 6.43. The lowest BCUT2D eigenvalue weighted by Gasteiger charge is -2.34. The van der Waals surface area contributed by atoms with Crippen molar-refractivity contribution in [2.45, 2.75) is 58.2 Å². The van der Waals surface area contributed by atoms with Crippen LogP contribution in [0.2, 0.25) is 5.02 Å². The second-order valence-corrected chi connectivity index (χ2v) is 12.7. The quantitative estimate of drug-likeness (QED) is 0.167. The Morgan fingerprint density at radius 1 is 1.20 bits per heavy atom. The van der Waals surface area contributed by atoms with E-state index < -0.39 is 5.82 Å². The molecule has 3 atom stereocenters. The highest BCUT2D eigenvalue weighted by Gasteiger charge is 2.34. The smallest absolute Gasteiger partial charge is 0.319 e. The molecule has 2 bridgehead atoms. The third-order valence-corrected chi connectivity index (χ3v) is 9.08. The van der Waals surface area contributed by atoms with E-state index in [-0.39, 0.29) is 34.0 Å². The average Bonchev–Trinajstić information content (AvgIpc) is 3.33. The maximum atomic E-state index is 16.5. The first-order valence-corrected chi connectivity index (χ1v) is 16.0. The van der Waals surface area contributed by atoms with E-state index in [1.54, 1.807) is 19.1 Å². The maximum absolute atomic E-state index is 16.5. The van der Waals surface area contributed by atoms with Gasteiger partial charge in [0.25, 0.3) is 0 Å². The largest absolute Gasteiger partial charge is 0.508 e. The van der Waals surface area contributed by atoms with Gasteiger partial charge in [-0.25, -0.2) is 4.39 Å². The number of nitrogens with one attached hydrogen (secondary N) is 1. The predicted molar refractivity (Wildman–Crippen MR) is 174 cm³/mol. The van der Waals surface area contributed by atoms with Crippen LogP contribution in [0, 0.1) is 12.7 Å². The van der Waals surface area contributed by atoms with Gasteiger partial charge in [0.1, 0.15) is 17.1 Å². The van der Waals surface area contributed by atoms with E-state index in [2.05, 4.69) is 27.0 Å². The Bertz CT molecular complexity index is 1570. The number of hydrogen-bond acceptors (Lipinski definition) is 8. The van der Waals surface area contributed by atoms with Crippen molar-refractivity contribution in [3.8, 4) is 6.01 Å². The molecule has 3 fully saturated rings. The summed E-state index contributed by atoms with van der Waals surface area (Å²) >= 11 is 6.77. The Morgan fingerprint density at radius 2 is 1.98 bits per heavy atom. The van der Waals surface area contributed by atoms with Crippen molar-refractivity contribution in [3.05, 3.63) is 69.7 Å². The van der Waals surface area contributed by atoms with E-state index in [0.29, 0.717) is 35.5 Å². The van der Waals surface area contributed by atoms with Gasteiger partial charge in [-0.15, -0.1) is 0 Å². The molecule has 0 saturated carbocycles. The van der Waals surface area contributed by atoms with Crippen LogP contribution in [-0.2, 0) is 4.74 Å². The number of benzene rings is 2. The number of aliphatic hydroxyl groups is 1. The molecule has 0 aliphatic carbocycles. The van der Waals surface area contributed by atoms with E-state index in [4.69, 9.17) is 26.1 Å². The van der Waals surface area contributed by atoms with Crippen LogP contribution >= 0.6 is 11.6 Å². The minimum absolute atomic E-state index is 0.00529. The second kappa shape index (κ2) is 13.4. The third-order valence-electron chi connectivity index (χ3n) is 8.78. The zero-order valence-corrected chi connectivity index (χ0v) is 26.4. The van der Waals surface area contributed by atoms with E-state index in [1.807, 2.05) is 31.2 Å². The van der Waals surface area contributed by atoms with Gasteiger partial charge in [0.05, 0.1) is 24.3 Å². The summed E-state index contributed by atoms with van der Waals surface area (Å²) in [7, 11) is 0. The summed E-state index contributed by atoms with van der Waals surface area (Å²) in [4.78, 5) is 14.0. The molecular weight excluding hydrogens is 581 g/mol. The van der Waals surface area contributed by atoms with Gasteiger partial charge in [-0.1, -0.05) is 35.9 Å². The monoisotopic (exact) mass is 621 g/mol. The highest BCUT2D eigenvalue weighted by molar-refractivity contribution is 6.33. The van der Waals surface area contributed by atoms with E-state index >= 15 is 4.39 Å². The fourth-order valence-electron chi connectivity index (χ4n) is 6.59. The van der Waals surface area contributed by atoms with Crippen molar-refractivity contribution in [2.24, 2.45) is 0 Å². The first-order chi connectivity index (χ1) is 21.2. The van der Waals surface area contributed by atoms with Crippen molar-refractivity contribution in [1.29, 1.82) is 0 Å². The molecule has 3 aliphatic rings. The summed E-state index contributed by atoms with van der Waals surface area (Å²) in [5, 5.41) is 15.2. The normalized spacial score (nSPS) is 23.0. The van der Waals surface area contributed by atoms with Crippen LogP contribution in [0.15, 0.2) is 42.2 Å². The molecule has 234 valence electrons. The maximum Gasteiger partial charge on any atom is 0.319 e. The molecule has 0 spiro atoms. The Kier molecular flexibility index (Phi) is 9.37. The van der Waals surface area contributed by atoms with Gasteiger partial charge in [-0.3, -0.25) is 4.90 Å². The fraction of sp³-hybridized carbons (Fsp3) is 0.471. The number of piperazine rings is 1. The molecular formula is C34H41ClFN5O3. The minimum Gasteiger partial charge on any atom is -0.508 e. The molecule has 4 heterocycles. The second-order valence-electron chi connectivity index (χ2n) is 12.3. The van der Waals surface area contributed by atoms with Gasteiger partial charge in [0, 0.05) is 55.8 Å². The van der Waals surface area contributed by atoms with Crippen LogP contribution in [0.25, 0.3) is 22.6 Å². The van der Waals surface area contributed by atoms with Gasteiger partial charge in [-0.2, -0.15) is 9.97 Å². The van der Waals surface area contributed by atoms with Gasteiger partial charge >= 0.3 is 6.01 Å². The Hall–Kier alpha value is -3.24. The third kappa shape index (κ3) is 6.86. The number of morpholine rings is 1. The number of anilines is 1. The van der Waals surface area contributed by atoms with E-state index in [1.165, 1.54) is 6.08 Å². The SMILES string of the molecule is C/C(=C\C(O)=C/c1ccccc1C)c1c(Cl)cc2c(N3CC4CCC(C3)N4)nc(OCCCN3CCO[C@@H](C)C3)nc2c1F. The first-order valence-electron chi connectivity index (χ1n) is 15.6. The number of aryl methyl sites for hydroxylation is 1. The summed E-state index contributed by atoms with van der Waals surface area (Å²) in [6, 6.07) is 10.4. The highest BCUT2D eigenvalue weighted by Crippen LogP contribution is 2.38. The lowest BCUT2D eigenvalue weighted by atomic mass is 10.0. The number of aromatic nitrogens is 2. The number of allylic oxidation sites excluding steroid dienone is 2. The minimum atomic E-state index is -0.557. The molecule has 3 aliphatic heterocycles. The molecule has 2 unspecified atom stereocenters. The summed E-state index contributed by atoms with van der Waals surface area (Å²) < 4.78 is 28.2. The zero-order valence-electron chi connectivity index (χ0n) is 25.7. The molecule has 6 rings (SSSR count). The molecule has 1 aromatic heterocycles. The number of aliphatic hydroxyl groups excluding tert-OH is 1. The lowest BCUT2D eigenvalue weighted by Crippen LogP contribution is -2.51. The Balaban J connectivity index is 1.31. The number of nitrogens with zero attached hydrogens (tertiary/aromatic N) is 4. The molecule has 0 amide bonds. The van der Waals surface area contributed by atoms with Gasteiger partial charge < -0.3 is 24.8 Å². The molecule has 3 aromatic rings. The predicted octanol–water partition coefficient (Wildman–Crippen LogP) is 6.16. The standard InChI is InChI=1S/C34H41ClFN5O3/c1-21-7-4-5-8-24(21)16-27(42)15-22(2)30-29(35)17-28-32(31(30)36)38-34(44-13-6-11-40-12-14-43-23(3)18-40)39-33(28)41-19-25-9-10-26(20-41)37-25/h4-5,7-8,15-17,23,25-26,37,42H,6,9-14,18-20H2,1-3H3/b22-15+,27-16+/t23-,25?,26?/m0/s1. The van der Waals surface area contributed by atoms with Crippen LogP contribution < -0.4 is 15.0 Å². The van der Waals surface area contributed by atoms with Crippen LogP contribution in [0.4, 0.5) is 10.2 Å². The van der Waals surface area contributed by atoms with E-state index in [9.17, 15) is 5.11 Å². The van der Waals surface area contributed by atoms with Crippen molar-refractivity contribution < 1.29 is 19.0 Å². The van der Waals surface area contributed by atoms with Crippen LogP contribution in [0.5, 0.6) is 6.01 Å². The molecule has 10 heteroatoms. The van der Waals surface area contributed by atoms with Crippen LogP contribution in [0.1, 0.15) is 49.8 Å². The van der Waals surface area contributed by atoms with Crippen molar-refractivity contribution in [1.82, 2.24) is 20.2 Å². The number of halogens is 2. The number of ether oxygens (including phenoxy) is 2. The van der Waals surface area contributed by atoms with Crippen molar-refractivity contribution in [3.63, 3.8) is 0 Å². The summed E-state index contributed by atoms with van der Waals surface area (Å²) in [6.45, 7) is 11.2. The summed E-state index contributed by atoms with van der Waals surface area (Å²) in [5.74, 6) is 0.0891. The number of hydrogen-bond donors (Lipinski definition) is 2. The Morgan fingerprint density at radius 3 is 2.73 bits per heavy atom. The fourth-order valence-corrected chi connectivity index (χ4v) is 6.93. The highest BCUT2D eigenvalue weighted by atomic mass is 35.5. The molecule has 3 saturated heterocycles. The molecule has 0 radical (unpaired) electrons. The van der Waals surface area contributed by atoms with Crippen molar-refractivity contribution in [2.75, 3.05) is 50.8 Å². The number of rotatable bonds is 9. The molecule has 2 aromatic carbocycles. The zero-order chi connectivity index (χ0) is 30.8. The molecule has 44 heavy (non-hydrogen) atoms. The topological polar surface area (TPSA) is 83.0 Å². The van der Waals surface area contributed by atoms with Crippen LogP contribution in [-0.4, -0.2) is 84.1 Å². The number of fused-ring (bicyclic) bond motifs is 3. The first kappa shape index (κ1) is 30.8. The van der Waals surface area contributed by atoms with Gasteiger partial charge in [0.15, 0.2) is 5.82 Å². The van der Waals surface area contributed by atoms with Crippen LogP contribution in [0.3, 0.4) is 0 Å². The summed E-state index contributed by atoms with van der Waals surface area (Å²) in [5.41, 5.74) is 2.75. The lowest BCUT2D eigenvalue weighted by molar-refractivity contribution is -0.0194.